The van der Waals surface area contributed by atoms with Crippen LogP contribution in [-0.4, -0.2) is 29.8 Å². The molecule has 6 heteroatoms. The minimum absolute atomic E-state index is 0.158. The molecular weight excluding hydrogens is 393 g/mol. The van der Waals surface area contributed by atoms with Crippen molar-refractivity contribution < 1.29 is 14.0 Å². The highest BCUT2D eigenvalue weighted by Crippen LogP contribution is 2.35. The van der Waals surface area contributed by atoms with Crippen LogP contribution in [0.15, 0.2) is 47.6 Å². The van der Waals surface area contributed by atoms with E-state index in [2.05, 4.69) is 27.2 Å². The maximum absolute atomic E-state index is 13.8. The minimum Gasteiger partial charge on any atom is -0.399 e. The van der Waals surface area contributed by atoms with Gasteiger partial charge >= 0.3 is 0 Å². The largest absolute Gasteiger partial charge is 0.399 e. The average molecular weight is 420 g/mol. The SMILES string of the molecule is CO/N=C/c1ccc2c(c1)c1c(n2Cc2cccc(F)c2)CC[C@@H](NC(=O)C2CC2)C1. The number of hydrogen-bond donors (Lipinski definition) is 1. The minimum atomic E-state index is -0.219. The van der Waals surface area contributed by atoms with Gasteiger partial charge in [-0.25, -0.2) is 4.39 Å². The molecule has 1 atom stereocenters. The Bertz CT molecular complexity index is 1160. The Morgan fingerprint density at radius 3 is 2.90 bits per heavy atom. The van der Waals surface area contributed by atoms with Crippen LogP contribution in [0.2, 0.25) is 0 Å². The van der Waals surface area contributed by atoms with Crippen LogP contribution < -0.4 is 5.32 Å². The number of hydrogen-bond acceptors (Lipinski definition) is 3. The van der Waals surface area contributed by atoms with Crippen molar-refractivity contribution in [2.45, 2.75) is 44.7 Å². The van der Waals surface area contributed by atoms with Crippen molar-refractivity contribution in [2.75, 3.05) is 7.11 Å². The Labute approximate surface area is 180 Å². The number of nitrogens with one attached hydrogen (secondary N) is 1. The van der Waals surface area contributed by atoms with E-state index in [1.54, 1.807) is 18.3 Å². The molecule has 1 heterocycles. The molecule has 0 spiro atoms. The first-order chi connectivity index (χ1) is 15.1. The van der Waals surface area contributed by atoms with E-state index in [-0.39, 0.29) is 23.7 Å². The van der Waals surface area contributed by atoms with E-state index in [1.165, 1.54) is 24.4 Å². The molecule has 0 unspecified atom stereocenters. The summed E-state index contributed by atoms with van der Waals surface area (Å²) in [5.41, 5.74) is 5.57. The summed E-state index contributed by atoms with van der Waals surface area (Å²) in [6, 6.07) is 13.2. The number of nitrogens with zero attached hydrogens (tertiary/aromatic N) is 2. The lowest BCUT2D eigenvalue weighted by molar-refractivity contribution is -0.123. The zero-order valence-electron chi connectivity index (χ0n) is 17.6. The monoisotopic (exact) mass is 419 g/mol. The number of rotatable bonds is 6. The summed E-state index contributed by atoms with van der Waals surface area (Å²) in [6.45, 7) is 0.619. The van der Waals surface area contributed by atoms with Crippen molar-refractivity contribution in [3.8, 4) is 0 Å². The molecule has 160 valence electrons. The second kappa shape index (κ2) is 8.17. The van der Waals surface area contributed by atoms with Gasteiger partial charge in [-0.15, -0.1) is 0 Å². The molecular formula is C25H26FN3O2. The number of benzene rings is 2. The van der Waals surface area contributed by atoms with Gasteiger partial charge in [0.25, 0.3) is 0 Å². The number of halogens is 1. The van der Waals surface area contributed by atoms with E-state index in [9.17, 15) is 9.18 Å². The Balaban J connectivity index is 1.54. The van der Waals surface area contributed by atoms with Crippen LogP contribution in [0.5, 0.6) is 0 Å². The number of carbonyl (C=O) groups is 1. The number of carbonyl (C=O) groups excluding carboxylic acids is 1. The quantitative estimate of drug-likeness (QED) is 0.481. The van der Waals surface area contributed by atoms with E-state index in [0.29, 0.717) is 6.54 Å². The van der Waals surface area contributed by atoms with Gasteiger partial charge in [-0.2, -0.15) is 0 Å². The third kappa shape index (κ3) is 4.07. The predicted molar refractivity (Wildman–Crippen MR) is 119 cm³/mol. The lowest BCUT2D eigenvalue weighted by atomic mass is 9.91. The lowest BCUT2D eigenvalue weighted by Gasteiger charge is -2.25. The summed E-state index contributed by atoms with van der Waals surface area (Å²) < 4.78 is 16.1. The molecule has 1 fully saturated rings. The summed E-state index contributed by atoms with van der Waals surface area (Å²) in [7, 11) is 1.53. The lowest BCUT2D eigenvalue weighted by Crippen LogP contribution is -2.39. The third-order valence-electron chi connectivity index (χ3n) is 6.32. The van der Waals surface area contributed by atoms with Crippen molar-refractivity contribution in [3.63, 3.8) is 0 Å². The Hall–Kier alpha value is -3.15. The van der Waals surface area contributed by atoms with Gasteiger partial charge in [-0.3, -0.25) is 4.79 Å². The summed E-state index contributed by atoms with van der Waals surface area (Å²) in [6.07, 6.45) is 6.34. The fourth-order valence-corrected chi connectivity index (χ4v) is 4.65. The topological polar surface area (TPSA) is 55.6 Å². The number of oxime groups is 1. The summed E-state index contributed by atoms with van der Waals surface area (Å²) in [4.78, 5) is 17.2. The standard InChI is InChI=1S/C25H26FN3O2/c1-31-27-14-16-5-9-23-21(12-16)22-13-20(28-25(30)18-6-7-18)8-10-24(22)29(23)15-17-3-2-4-19(26)11-17/h2-5,9,11-12,14,18,20H,6-8,10,13,15H2,1H3,(H,28,30)/b27-14+/t20-/m1/s1. The summed E-state index contributed by atoms with van der Waals surface area (Å²) >= 11 is 0. The zero-order chi connectivity index (χ0) is 21.4. The van der Waals surface area contributed by atoms with Crippen molar-refractivity contribution in [3.05, 3.63) is 70.7 Å². The molecule has 5 nitrogen and oxygen atoms in total. The van der Waals surface area contributed by atoms with Gasteiger partial charge in [0.1, 0.15) is 12.9 Å². The smallest absolute Gasteiger partial charge is 0.223 e. The second-order valence-electron chi connectivity index (χ2n) is 8.56. The molecule has 2 aliphatic rings. The molecule has 0 aliphatic heterocycles. The first-order valence-electron chi connectivity index (χ1n) is 10.9. The molecule has 1 N–H and O–H groups in total. The van der Waals surface area contributed by atoms with Gasteiger partial charge in [0.05, 0.1) is 6.21 Å². The molecule has 31 heavy (non-hydrogen) atoms. The molecule has 2 aliphatic carbocycles. The van der Waals surface area contributed by atoms with Gasteiger partial charge in [0.15, 0.2) is 0 Å². The molecule has 3 aromatic rings. The van der Waals surface area contributed by atoms with Crippen molar-refractivity contribution in [1.82, 2.24) is 9.88 Å². The van der Waals surface area contributed by atoms with E-state index >= 15 is 0 Å². The van der Waals surface area contributed by atoms with Crippen LogP contribution in [0.3, 0.4) is 0 Å². The third-order valence-corrected chi connectivity index (χ3v) is 6.32. The van der Waals surface area contributed by atoms with Crippen LogP contribution in [0.4, 0.5) is 4.39 Å². The van der Waals surface area contributed by atoms with Gasteiger partial charge in [0.2, 0.25) is 5.91 Å². The molecule has 1 aromatic heterocycles. The summed E-state index contributed by atoms with van der Waals surface area (Å²) in [5, 5.41) is 8.32. The first kappa shape index (κ1) is 19.8. The Morgan fingerprint density at radius 1 is 1.26 bits per heavy atom. The first-order valence-corrected chi connectivity index (χ1v) is 10.9. The van der Waals surface area contributed by atoms with Crippen LogP contribution in [-0.2, 0) is 29.0 Å². The molecule has 1 amide bonds. The summed E-state index contributed by atoms with van der Waals surface area (Å²) in [5.74, 6) is 0.196. The number of aromatic nitrogens is 1. The number of fused-ring (bicyclic) bond motifs is 3. The van der Waals surface area contributed by atoms with Crippen LogP contribution in [0.1, 0.15) is 41.6 Å². The van der Waals surface area contributed by atoms with Gasteiger partial charge in [-0.05, 0) is 73.1 Å². The number of amides is 1. The van der Waals surface area contributed by atoms with Crippen molar-refractivity contribution >= 4 is 23.0 Å². The van der Waals surface area contributed by atoms with Crippen molar-refractivity contribution in [2.24, 2.45) is 11.1 Å². The van der Waals surface area contributed by atoms with Crippen molar-refractivity contribution in [1.29, 1.82) is 0 Å². The van der Waals surface area contributed by atoms with Crippen LogP contribution in [0, 0.1) is 11.7 Å². The molecule has 1 saturated carbocycles. The zero-order valence-corrected chi connectivity index (χ0v) is 17.6. The van der Waals surface area contributed by atoms with Gasteiger partial charge in [-0.1, -0.05) is 23.4 Å². The molecule has 0 bridgehead atoms. The predicted octanol–water partition coefficient (Wildman–Crippen LogP) is 4.19. The fraction of sp³-hybridized carbons (Fsp3) is 0.360. The van der Waals surface area contributed by atoms with Gasteiger partial charge < -0.3 is 14.7 Å². The van der Waals surface area contributed by atoms with Crippen LogP contribution in [0.25, 0.3) is 10.9 Å². The van der Waals surface area contributed by atoms with E-state index < -0.39 is 0 Å². The van der Waals surface area contributed by atoms with E-state index in [0.717, 1.165) is 54.1 Å². The van der Waals surface area contributed by atoms with E-state index in [4.69, 9.17) is 4.84 Å². The van der Waals surface area contributed by atoms with Gasteiger partial charge in [0, 0.05) is 35.1 Å². The highest BCUT2D eigenvalue weighted by molar-refractivity contribution is 5.92. The molecule has 0 radical (unpaired) electrons. The molecule has 0 saturated heterocycles. The molecule has 5 rings (SSSR count). The van der Waals surface area contributed by atoms with Crippen LogP contribution >= 0.6 is 0 Å². The normalized spacial score (nSPS) is 18.3. The Morgan fingerprint density at radius 2 is 2.13 bits per heavy atom. The molecule has 2 aromatic carbocycles. The fourth-order valence-electron chi connectivity index (χ4n) is 4.65. The Kier molecular flexibility index (Phi) is 5.22. The highest BCUT2D eigenvalue weighted by Gasteiger charge is 2.33. The maximum atomic E-state index is 13.8. The second-order valence-corrected chi connectivity index (χ2v) is 8.56. The highest BCUT2D eigenvalue weighted by atomic mass is 19.1. The van der Waals surface area contributed by atoms with E-state index in [1.807, 2.05) is 12.1 Å². The maximum Gasteiger partial charge on any atom is 0.223 e. The average Bonchev–Trinajstić information content (AvgIpc) is 3.58.